The topological polar surface area (TPSA) is 207 Å². The van der Waals surface area contributed by atoms with Crippen molar-refractivity contribution in [1.29, 1.82) is 0 Å². The Bertz CT molecular complexity index is 6630. The summed E-state index contributed by atoms with van der Waals surface area (Å²) < 4.78 is 18.6. The molecule has 0 amide bonds. The van der Waals surface area contributed by atoms with Gasteiger partial charge in [0.05, 0.1) is 5.69 Å². The quantitative estimate of drug-likeness (QED) is 0.0935. The predicted octanol–water partition coefficient (Wildman–Crippen LogP) is 24.4. The van der Waals surface area contributed by atoms with E-state index in [1.54, 1.807) is 55.8 Å². The van der Waals surface area contributed by atoms with Crippen molar-refractivity contribution >= 4 is 33.3 Å². The van der Waals surface area contributed by atoms with Crippen LogP contribution in [0.15, 0.2) is 410 Å². The van der Waals surface area contributed by atoms with Crippen molar-refractivity contribution in [2.24, 2.45) is 0 Å². The molecule has 0 spiro atoms. The van der Waals surface area contributed by atoms with Crippen molar-refractivity contribution in [2.45, 2.75) is 0 Å². The Morgan fingerprint density at radius 1 is 0.154 bits per heavy atom. The molecule has 0 unspecified atom stereocenters. The minimum absolute atomic E-state index is 0.450. The van der Waals surface area contributed by atoms with Gasteiger partial charge in [-0.05, 0) is 242 Å². The van der Waals surface area contributed by atoms with E-state index < -0.39 is 0 Å². The summed E-state index contributed by atoms with van der Waals surface area (Å²) in [5, 5.41) is 0. The predicted molar refractivity (Wildman–Crippen MR) is 462 cm³/mol. The van der Waals surface area contributed by atoms with Gasteiger partial charge in [-0.3, -0.25) is 44.9 Å². The zero-order chi connectivity index (χ0) is 78.1. The summed E-state index contributed by atoms with van der Waals surface area (Å²) in [5.41, 5.74) is 31.6. The maximum absolute atomic E-state index is 6.30. The van der Waals surface area contributed by atoms with Gasteiger partial charge in [0.1, 0.15) is 22.2 Å². The van der Waals surface area contributed by atoms with Gasteiger partial charge in [0, 0.05) is 178 Å². The number of oxazole rings is 3. The minimum atomic E-state index is 0.450. The molecule has 0 aliphatic heterocycles. The molecular formula is C101H65N13O3. The summed E-state index contributed by atoms with van der Waals surface area (Å²) in [7, 11) is 0. The third-order valence-corrected chi connectivity index (χ3v) is 20.1. The SMILES string of the molecule is c1cncc(-c2cc(-c3cccnc3)cc(-c3cc(-c4cc(-c5cccnc5)cc(-c5cccnc5)c4)nc(-c4nc5ccccc5o4)c3)c2)c1.c1cncc(-c2cc(-c3cccnc3)cc(-c3ccc(-c4cccnc4)c(-c4nc5ccccc5o4)c3)c2)c1.c1cncc(-c2ccc(-c3cccnc3)c(-c3nc4ccccc4o3)c2)c1. The number of nitrogens with zero attached hydrogens (tertiary/aromatic N) is 13. The molecule has 16 nitrogen and oxygen atoms in total. The number of pyridine rings is 10. The van der Waals surface area contributed by atoms with E-state index in [1.165, 1.54) is 0 Å². The lowest BCUT2D eigenvalue weighted by Gasteiger charge is -2.14. The van der Waals surface area contributed by atoms with Crippen molar-refractivity contribution in [2.75, 3.05) is 0 Å². The zero-order valence-corrected chi connectivity index (χ0v) is 62.6. The van der Waals surface area contributed by atoms with Crippen molar-refractivity contribution in [3.05, 3.63) is 397 Å². The standard InChI is InChI=1S/C44H28N6O.C34H22N4O.C23H15N3O/c1-2-12-43-40(11-1)50-44(51-43)42-24-38(37-19-33(29-7-3-13-45-25-29)17-34(20-37)30-8-4-14-46-26-30)23-41(49-42)39-21-35(31-9-5-15-47-27-31)18-36(22-39)32-10-6-16-48-28-32;1-2-10-33-32(9-1)38-34(39-33)31-19-23(11-12-30(31)26-8-5-15-37-22-26)27-16-28(24-6-3-13-35-20-24)18-29(17-27)25-7-4-14-36-21-25;1-2-8-22-21(7-1)26-23(27-22)20-13-16(17-5-3-11-24-14-17)9-10-19(20)18-6-4-12-25-15-18/h1-28H;1-22H;1-15H. The monoisotopic (exact) mass is 1510 g/mol. The molecule has 0 bridgehead atoms. The number of fused-ring (bicyclic) bond motifs is 3. The molecule has 0 aliphatic carbocycles. The Kier molecular flexibility index (Phi) is 19.8. The summed E-state index contributed by atoms with van der Waals surface area (Å²) in [4.78, 5) is 58.8. The average molecular weight is 1510 g/mol. The lowest BCUT2D eigenvalue weighted by atomic mass is 9.91. The number of hydrogen-bond acceptors (Lipinski definition) is 16. The van der Waals surface area contributed by atoms with Gasteiger partial charge in [-0.2, -0.15) is 0 Å². The molecule has 16 heteroatoms. The van der Waals surface area contributed by atoms with Crippen LogP contribution in [0.5, 0.6) is 0 Å². The molecule has 21 aromatic rings. The third-order valence-electron chi connectivity index (χ3n) is 20.1. The molecule has 0 saturated heterocycles. The van der Waals surface area contributed by atoms with Crippen LogP contribution in [0.3, 0.4) is 0 Å². The van der Waals surface area contributed by atoms with Crippen LogP contribution in [0.4, 0.5) is 0 Å². The highest BCUT2D eigenvalue weighted by Gasteiger charge is 2.22. The van der Waals surface area contributed by atoms with Crippen molar-refractivity contribution < 1.29 is 13.3 Å². The second-order valence-electron chi connectivity index (χ2n) is 27.7. The maximum Gasteiger partial charge on any atom is 0.246 e. The van der Waals surface area contributed by atoms with Crippen LogP contribution in [0, 0.1) is 0 Å². The molecular weight excluding hydrogens is 1440 g/mol. The molecule has 21 rings (SSSR count). The second-order valence-corrected chi connectivity index (χ2v) is 27.7. The fourth-order valence-electron chi connectivity index (χ4n) is 14.4. The minimum Gasteiger partial charge on any atom is -0.436 e. The van der Waals surface area contributed by atoms with E-state index in [4.69, 9.17) is 33.2 Å². The van der Waals surface area contributed by atoms with Crippen LogP contribution in [0.2, 0.25) is 0 Å². The van der Waals surface area contributed by atoms with Crippen molar-refractivity contribution in [1.82, 2.24) is 64.8 Å². The molecule has 0 fully saturated rings. The molecule has 0 radical (unpaired) electrons. The fourth-order valence-corrected chi connectivity index (χ4v) is 14.4. The van der Waals surface area contributed by atoms with E-state index in [9.17, 15) is 0 Å². The molecule has 117 heavy (non-hydrogen) atoms. The largest absolute Gasteiger partial charge is 0.436 e. The first-order valence-corrected chi connectivity index (χ1v) is 37.9. The summed E-state index contributed by atoms with van der Waals surface area (Å²) in [6.45, 7) is 0. The molecule has 8 aromatic carbocycles. The van der Waals surface area contributed by atoms with Gasteiger partial charge < -0.3 is 13.3 Å². The molecule has 0 saturated carbocycles. The molecule has 0 N–H and O–H groups in total. The van der Waals surface area contributed by atoms with Crippen LogP contribution in [-0.4, -0.2) is 64.8 Å². The number of para-hydroxylation sites is 6. The first-order valence-electron chi connectivity index (χ1n) is 37.9. The molecule has 0 aliphatic rings. The van der Waals surface area contributed by atoms with Crippen LogP contribution in [-0.2, 0) is 0 Å². The Morgan fingerprint density at radius 2 is 0.402 bits per heavy atom. The Labute approximate surface area is 672 Å². The maximum atomic E-state index is 6.30. The highest BCUT2D eigenvalue weighted by atomic mass is 16.4. The molecule has 0 atom stereocenters. The average Bonchev–Trinajstić information content (AvgIpc) is 1.76. The van der Waals surface area contributed by atoms with Crippen LogP contribution in [0.1, 0.15) is 0 Å². The lowest BCUT2D eigenvalue weighted by molar-refractivity contribution is 0.617. The number of aromatic nitrogens is 13. The van der Waals surface area contributed by atoms with Crippen LogP contribution >= 0.6 is 0 Å². The Hall–Kier alpha value is -16.3. The molecule has 13 aromatic heterocycles. The Morgan fingerprint density at radius 3 is 0.718 bits per heavy atom. The zero-order valence-electron chi connectivity index (χ0n) is 62.6. The summed E-state index contributed by atoms with van der Waals surface area (Å²) in [5.74, 6) is 1.62. The first-order chi connectivity index (χ1) is 57.9. The van der Waals surface area contributed by atoms with Gasteiger partial charge in [0.15, 0.2) is 16.7 Å². The van der Waals surface area contributed by atoms with Gasteiger partial charge in [-0.1, -0.05) is 115 Å². The van der Waals surface area contributed by atoms with E-state index in [0.29, 0.717) is 28.9 Å². The summed E-state index contributed by atoms with van der Waals surface area (Å²) in [6.07, 6.45) is 32.9. The number of rotatable bonds is 15. The van der Waals surface area contributed by atoms with Crippen molar-refractivity contribution in [3.63, 3.8) is 0 Å². The summed E-state index contributed by atoms with van der Waals surface area (Å²) >= 11 is 0. The first kappa shape index (κ1) is 71.0. The number of hydrogen-bond donors (Lipinski definition) is 0. The highest BCUT2D eigenvalue weighted by molar-refractivity contribution is 5.92. The van der Waals surface area contributed by atoms with Gasteiger partial charge >= 0.3 is 0 Å². The van der Waals surface area contributed by atoms with Crippen LogP contribution in [0.25, 0.3) is 201 Å². The summed E-state index contributed by atoms with van der Waals surface area (Å²) in [6, 6.07) is 96.0. The lowest BCUT2D eigenvalue weighted by Crippen LogP contribution is -1.94. The molecule has 13 heterocycles. The van der Waals surface area contributed by atoms with E-state index in [1.807, 2.05) is 195 Å². The van der Waals surface area contributed by atoms with Gasteiger partial charge in [0.2, 0.25) is 17.7 Å². The molecule has 552 valence electrons. The van der Waals surface area contributed by atoms with Crippen LogP contribution < -0.4 is 0 Å². The van der Waals surface area contributed by atoms with E-state index in [2.05, 4.69) is 190 Å². The Balaban J connectivity index is 0.000000123. The van der Waals surface area contributed by atoms with Gasteiger partial charge in [-0.25, -0.2) is 19.9 Å². The van der Waals surface area contributed by atoms with E-state index in [-0.39, 0.29) is 0 Å². The highest BCUT2D eigenvalue weighted by Crippen LogP contribution is 2.43. The fraction of sp³-hybridized carbons (Fsp3) is 0. The normalized spacial score (nSPS) is 11.1. The van der Waals surface area contributed by atoms with Gasteiger partial charge in [0.25, 0.3) is 0 Å². The second kappa shape index (κ2) is 32.5. The van der Waals surface area contributed by atoms with E-state index in [0.717, 1.165) is 172 Å². The van der Waals surface area contributed by atoms with E-state index >= 15 is 0 Å². The smallest absolute Gasteiger partial charge is 0.246 e. The third kappa shape index (κ3) is 15.6. The van der Waals surface area contributed by atoms with Gasteiger partial charge in [-0.15, -0.1) is 0 Å². The number of benzene rings is 8. The van der Waals surface area contributed by atoms with Crippen molar-refractivity contribution in [3.8, 4) is 168 Å².